The fourth-order valence-electron chi connectivity index (χ4n) is 4.22. The first kappa shape index (κ1) is 17.8. The van der Waals surface area contributed by atoms with Crippen LogP contribution in [0.25, 0.3) is 0 Å². The number of carbonyl (C=O) groups excluding carboxylic acids is 2. The number of hydrogen-bond acceptors (Lipinski definition) is 2. The van der Waals surface area contributed by atoms with Gasteiger partial charge < -0.3 is 10.2 Å². The van der Waals surface area contributed by atoms with Crippen LogP contribution < -0.4 is 10.2 Å². The Balaban J connectivity index is 1.56. The number of fused-ring (bicyclic) bond motifs is 1. The molecule has 1 N–H and O–H groups in total. The van der Waals surface area contributed by atoms with Gasteiger partial charge in [-0.25, -0.2) is 0 Å². The second-order valence-electron chi connectivity index (χ2n) is 7.73. The van der Waals surface area contributed by atoms with Crippen LogP contribution in [-0.4, -0.2) is 24.4 Å². The number of carbonyl (C=O) groups is 2. The second kappa shape index (κ2) is 7.55. The quantitative estimate of drug-likeness (QED) is 0.887. The van der Waals surface area contributed by atoms with Gasteiger partial charge in [0.15, 0.2) is 0 Å². The van der Waals surface area contributed by atoms with Gasteiger partial charge in [-0.3, -0.25) is 9.59 Å². The minimum Gasteiger partial charge on any atom is -0.349 e. The number of nitrogens with one attached hydrogen (secondary N) is 1. The van der Waals surface area contributed by atoms with Crippen molar-refractivity contribution in [3.63, 3.8) is 0 Å². The first-order chi connectivity index (χ1) is 13.1. The lowest BCUT2D eigenvalue weighted by Gasteiger charge is -2.30. The largest absolute Gasteiger partial charge is 0.349 e. The lowest BCUT2D eigenvalue weighted by Crippen LogP contribution is -2.36. The van der Waals surface area contributed by atoms with Crippen LogP contribution in [0.4, 0.5) is 5.69 Å². The first-order valence-electron chi connectivity index (χ1n) is 9.94. The van der Waals surface area contributed by atoms with Crippen LogP contribution in [0.5, 0.6) is 0 Å². The molecule has 4 nitrogen and oxygen atoms in total. The van der Waals surface area contributed by atoms with Gasteiger partial charge in [0.05, 0.1) is 0 Å². The third kappa shape index (κ3) is 3.75. The standard InChI is InChI=1S/C23H26N2O2/c1-16-6-4-7-19(14-16)23(27)25-13-5-8-17-15-18(11-12-21(17)25)22(26)24-20-9-2-3-10-20/h4,6-7,11-12,14-15,20H,2-3,5,8-10,13H2,1H3,(H,24,26). The van der Waals surface area contributed by atoms with Crippen molar-refractivity contribution in [1.29, 1.82) is 0 Å². The molecule has 1 aliphatic heterocycles. The minimum absolute atomic E-state index is 0.00633. The number of amides is 2. The van der Waals surface area contributed by atoms with Gasteiger partial charge in [-0.2, -0.15) is 0 Å². The van der Waals surface area contributed by atoms with Gasteiger partial charge >= 0.3 is 0 Å². The molecule has 27 heavy (non-hydrogen) atoms. The molecule has 1 saturated carbocycles. The van der Waals surface area contributed by atoms with Crippen LogP contribution in [0.2, 0.25) is 0 Å². The highest BCUT2D eigenvalue weighted by molar-refractivity contribution is 6.07. The van der Waals surface area contributed by atoms with Crippen LogP contribution in [0, 0.1) is 6.92 Å². The van der Waals surface area contributed by atoms with Crippen molar-refractivity contribution in [1.82, 2.24) is 5.32 Å². The summed E-state index contributed by atoms with van der Waals surface area (Å²) in [6.07, 6.45) is 6.37. The molecule has 2 aromatic rings. The number of anilines is 1. The van der Waals surface area contributed by atoms with Gasteiger partial charge in [0, 0.05) is 29.4 Å². The summed E-state index contributed by atoms with van der Waals surface area (Å²) < 4.78 is 0. The summed E-state index contributed by atoms with van der Waals surface area (Å²) in [7, 11) is 0. The van der Waals surface area contributed by atoms with Crippen LogP contribution in [-0.2, 0) is 6.42 Å². The van der Waals surface area contributed by atoms with E-state index in [0.29, 0.717) is 23.7 Å². The molecule has 0 bridgehead atoms. The molecule has 2 amide bonds. The lowest BCUT2D eigenvalue weighted by molar-refractivity contribution is 0.0937. The summed E-state index contributed by atoms with van der Waals surface area (Å²) in [6.45, 7) is 2.71. The SMILES string of the molecule is Cc1cccc(C(=O)N2CCCc3cc(C(=O)NC4CCCC4)ccc32)c1. The lowest BCUT2D eigenvalue weighted by atomic mass is 9.97. The minimum atomic E-state index is 0.00633. The highest BCUT2D eigenvalue weighted by Crippen LogP contribution is 2.30. The Labute approximate surface area is 160 Å². The number of benzene rings is 2. The van der Waals surface area contributed by atoms with Gasteiger partial charge in [-0.15, -0.1) is 0 Å². The van der Waals surface area contributed by atoms with E-state index in [-0.39, 0.29) is 11.8 Å². The second-order valence-corrected chi connectivity index (χ2v) is 7.73. The van der Waals surface area contributed by atoms with Gasteiger partial charge in [0.2, 0.25) is 0 Å². The third-order valence-corrected chi connectivity index (χ3v) is 5.66. The molecule has 0 aromatic heterocycles. The third-order valence-electron chi connectivity index (χ3n) is 5.66. The van der Waals surface area contributed by atoms with E-state index in [1.54, 1.807) is 0 Å². The van der Waals surface area contributed by atoms with E-state index in [1.807, 2.05) is 54.3 Å². The molecule has 0 saturated heterocycles. The zero-order valence-electron chi connectivity index (χ0n) is 15.8. The van der Waals surface area contributed by atoms with Crippen LogP contribution in [0.15, 0.2) is 42.5 Å². The summed E-state index contributed by atoms with van der Waals surface area (Å²) >= 11 is 0. The fourth-order valence-corrected chi connectivity index (χ4v) is 4.22. The molecule has 4 rings (SSSR count). The molecular formula is C23H26N2O2. The van der Waals surface area contributed by atoms with Crippen molar-refractivity contribution in [2.75, 3.05) is 11.4 Å². The van der Waals surface area contributed by atoms with Crippen LogP contribution in [0.1, 0.15) is 63.9 Å². The monoisotopic (exact) mass is 362 g/mol. The Hall–Kier alpha value is -2.62. The molecule has 0 radical (unpaired) electrons. The van der Waals surface area contributed by atoms with Crippen molar-refractivity contribution in [3.8, 4) is 0 Å². The van der Waals surface area contributed by atoms with E-state index in [0.717, 1.165) is 42.5 Å². The Morgan fingerprint density at radius 3 is 2.59 bits per heavy atom. The van der Waals surface area contributed by atoms with Gasteiger partial charge in [-0.1, -0.05) is 30.5 Å². The predicted octanol–water partition coefficient (Wildman–Crippen LogP) is 4.26. The predicted molar refractivity (Wildman–Crippen MR) is 107 cm³/mol. The van der Waals surface area contributed by atoms with E-state index in [9.17, 15) is 9.59 Å². The van der Waals surface area contributed by atoms with Crippen LogP contribution in [0.3, 0.4) is 0 Å². The molecule has 0 unspecified atom stereocenters. The maximum atomic E-state index is 13.0. The van der Waals surface area contributed by atoms with E-state index in [4.69, 9.17) is 0 Å². The molecule has 0 spiro atoms. The van der Waals surface area contributed by atoms with E-state index < -0.39 is 0 Å². The molecule has 1 aliphatic carbocycles. The highest BCUT2D eigenvalue weighted by Gasteiger charge is 2.25. The summed E-state index contributed by atoms with van der Waals surface area (Å²) in [4.78, 5) is 27.4. The van der Waals surface area contributed by atoms with Gasteiger partial charge in [0.25, 0.3) is 11.8 Å². The number of hydrogen-bond donors (Lipinski definition) is 1. The Kier molecular flexibility index (Phi) is 4.97. The average Bonchev–Trinajstić information content (AvgIpc) is 3.19. The van der Waals surface area contributed by atoms with Gasteiger partial charge in [-0.05, 0) is 68.5 Å². The summed E-state index contributed by atoms with van der Waals surface area (Å²) in [5.41, 5.74) is 4.51. The van der Waals surface area contributed by atoms with Crippen molar-refractivity contribution < 1.29 is 9.59 Å². The van der Waals surface area contributed by atoms with Crippen molar-refractivity contribution in [2.24, 2.45) is 0 Å². The van der Waals surface area contributed by atoms with Crippen molar-refractivity contribution in [3.05, 3.63) is 64.7 Å². The molecule has 4 heteroatoms. The normalized spacial score (nSPS) is 16.9. The Morgan fingerprint density at radius 2 is 1.81 bits per heavy atom. The van der Waals surface area contributed by atoms with Crippen LogP contribution >= 0.6 is 0 Å². The zero-order chi connectivity index (χ0) is 18.8. The average molecular weight is 362 g/mol. The van der Waals surface area contributed by atoms with Crippen molar-refractivity contribution >= 4 is 17.5 Å². The summed E-state index contributed by atoms with van der Waals surface area (Å²) in [6, 6.07) is 13.8. The number of aryl methyl sites for hydroxylation is 2. The molecule has 1 fully saturated rings. The molecule has 1 heterocycles. The number of rotatable bonds is 3. The highest BCUT2D eigenvalue weighted by atomic mass is 16.2. The van der Waals surface area contributed by atoms with Crippen molar-refractivity contribution in [2.45, 2.75) is 51.5 Å². The summed E-state index contributed by atoms with van der Waals surface area (Å²) in [5.74, 6) is 0.0367. The first-order valence-corrected chi connectivity index (χ1v) is 9.94. The van der Waals surface area contributed by atoms with E-state index in [1.165, 1.54) is 12.8 Å². The Bertz CT molecular complexity index is 868. The molecular weight excluding hydrogens is 336 g/mol. The topological polar surface area (TPSA) is 49.4 Å². The Morgan fingerprint density at radius 1 is 1.00 bits per heavy atom. The molecule has 2 aliphatic rings. The van der Waals surface area contributed by atoms with E-state index >= 15 is 0 Å². The maximum absolute atomic E-state index is 13.0. The zero-order valence-corrected chi connectivity index (χ0v) is 15.8. The molecule has 140 valence electrons. The smallest absolute Gasteiger partial charge is 0.258 e. The molecule has 0 atom stereocenters. The fraction of sp³-hybridized carbons (Fsp3) is 0.391. The summed E-state index contributed by atoms with van der Waals surface area (Å²) in [5, 5.41) is 3.15. The number of nitrogens with zero attached hydrogens (tertiary/aromatic N) is 1. The maximum Gasteiger partial charge on any atom is 0.258 e. The molecule has 2 aromatic carbocycles. The van der Waals surface area contributed by atoms with Gasteiger partial charge in [0.1, 0.15) is 0 Å². The van der Waals surface area contributed by atoms with E-state index in [2.05, 4.69) is 5.32 Å².